The molecule has 8 heteroatoms. The van der Waals surface area contributed by atoms with Gasteiger partial charge in [-0.25, -0.2) is 4.98 Å². The summed E-state index contributed by atoms with van der Waals surface area (Å²) in [5.41, 5.74) is 3.66. The highest BCUT2D eigenvalue weighted by Gasteiger charge is 2.26. The van der Waals surface area contributed by atoms with Crippen LogP contribution in [0.5, 0.6) is 0 Å². The van der Waals surface area contributed by atoms with Crippen LogP contribution in [0, 0.1) is 12.8 Å². The van der Waals surface area contributed by atoms with Crippen molar-refractivity contribution in [2.45, 2.75) is 19.8 Å². The van der Waals surface area contributed by atoms with Gasteiger partial charge in [-0.15, -0.1) is 16.4 Å². The fourth-order valence-electron chi connectivity index (χ4n) is 3.79. The molecule has 0 bridgehead atoms. The summed E-state index contributed by atoms with van der Waals surface area (Å²) in [5, 5.41) is 13.5. The van der Waals surface area contributed by atoms with Crippen molar-refractivity contribution in [1.29, 1.82) is 0 Å². The van der Waals surface area contributed by atoms with Crippen LogP contribution in [0.2, 0.25) is 0 Å². The number of aryl methyl sites for hydroxylation is 1. The Morgan fingerprint density at radius 3 is 2.80 bits per heavy atom. The van der Waals surface area contributed by atoms with Gasteiger partial charge in [-0.1, -0.05) is 12.1 Å². The molecule has 30 heavy (non-hydrogen) atoms. The van der Waals surface area contributed by atoms with Crippen LogP contribution >= 0.6 is 11.3 Å². The second kappa shape index (κ2) is 7.87. The van der Waals surface area contributed by atoms with Crippen LogP contribution < -0.4 is 10.2 Å². The highest BCUT2D eigenvalue weighted by Crippen LogP contribution is 2.25. The standard InChI is InChI=1S/C22H22N6OS/c1-15-4-9-20(26-25-15)27-10-2-3-17(13-27)21(29)23-18-7-5-16(6-8-18)19-14-28-11-12-30-22(28)24-19/h4-9,11-12,14,17H,2-3,10,13H2,1H3,(H,23,29). The monoisotopic (exact) mass is 418 g/mol. The van der Waals surface area contributed by atoms with E-state index in [0.717, 1.165) is 52.8 Å². The minimum atomic E-state index is -0.0681. The maximum absolute atomic E-state index is 12.8. The molecule has 0 aliphatic carbocycles. The Morgan fingerprint density at radius 2 is 2.03 bits per heavy atom. The van der Waals surface area contributed by atoms with Gasteiger partial charge < -0.3 is 10.2 Å². The maximum atomic E-state index is 12.8. The van der Waals surface area contributed by atoms with Crippen molar-refractivity contribution in [1.82, 2.24) is 19.6 Å². The van der Waals surface area contributed by atoms with Gasteiger partial charge in [-0.2, -0.15) is 5.10 Å². The normalized spacial score (nSPS) is 16.7. The minimum absolute atomic E-state index is 0.0510. The maximum Gasteiger partial charge on any atom is 0.229 e. The minimum Gasteiger partial charge on any atom is -0.354 e. The Bertz CT molecular complexity index is 1140. The number of imidazole rings is 1. The van der Waals surface area contributed by atoms with Crippen molar-refractivity contribution in [3.05, 3.63) is 59.9 Å². The molecule has 3 aromatic heterocycles. The number of carbonyl (C=O) groups is 1. The summed E-state index contributed by atoms with van der Waals surface area (Å²) < 4.78 is 2.02. The SMILES string of the molecule is Cc1ccc(N2CCCC(C(=O)Nc3ccc(-c4cn5ccsc5n4)cc3)C2)nn1. The number of rotatable bonds is 4. The lowest BCUT2D eigenvalue weighted by atomic mass is 9.97. The molecule has 5 rings (SSSR count). The molecule has 1 saturated heterocycles. The topological polar surface area (TPSA) is 75.4 Å². The Hall–Kier alpha value is -3.26. The Morgan fingerprint density at radius 1 is 1.17 bits per heavy atom. The van der Waals surface area contributed by atoms with Crippen LogP contribution in [0.4, 0.5) is 11.5 Å². The van der Waals surface area contributed by atoms with E-state index in [0.29, 0.717) is 6.54 Å². The summed E-state index contributed by atoms with van der Waals surface area (Å²) in [6, 6.07) is 11.8. The quantitative estimate of drug-likeness (QED) is 0.542. The first-order valence-electron chi connectivity index (χ1n) is 10.0. The second-order valence-corrected chi connectivity index (χ2v) is 8.48. The fourth-order valence-corrected chi connectivity index (χ4v) is 4.50. The fraction of sp³-hybridized carbons (Fsp3) is 0.273. The molecule has 0 radical (unpaired) electrons. The summed E-state index contributed by atoms with van der Waals surface area (Å²) in [6.45, 7) is 3.48. The van der Waals surface area contributed by atoms with Crippen LogP contribution in [-0.4, -0.2) is 38.6 Å². The number of hydrogen-bond donors (Lipinski definition) is 1. The molecule has 0 spiro atoms. The molecule has 1 aliphatic rings. The van der Waals surface area contributed by atoms with Gasteiger partial charge in [0.25, 0.3) is 0 Å². The van der Waals surface area contributed by atoms with Crippen LogP contribution in [0.15, 0.2) is 54.2 Å². The van der Waals surface area contributed by atoms with E-state index in [4.69, 9.17) is 0 Å². The lowest BCUT2D eigenvalue weighted by Crippen LogP contribution is -2.41. The van der Waals surface area contributed by atoms with Gasteiger partial charge in [0.2, 0.25) is 5.91 Å². The second-order valence-electron chi connectivity index (χ2n) is 7.60. The molecule has 1 atom stereocenters. The van der Waals surface area contributed by atoms with E-state index in [9.17, 15) is 4.79 Å². The molecule has 4 heterocycles. The number of anilines is 2. The van der Waals surface area contributed by atoms with Gasteiger partial charge in [-0.05, 0) is 44.0 Å². The van der Waals surface area contributed by atoms with Gasteiger partial charge >= 0.3 is 0 Å². The number of nitrogens with one attached hydrogen (secondary N) is 1. The number of amides is 1. The zero-order valence-corrected chi connectivity index (χ0v) is 17.5. The third-order valence-electron chi connectivity index (χ3n) is 5.44. The number of aromatic nitrogens is 4. The molecule has 1 fully saturated rings. The summed E-state index contributed by atoms with van der Waals surface area (Å²) in [6.07, 6.45) is 5.86. The molecule has 4 aromatic rings. The van der Waals surface area contributed by atoms with Gasteiger partial charge in [0.05, 0.1) is 17.3 Å². The van der Waals surface area contributed by atoms with Gasteiger partial charge in [0.15, 0.2) is 10.8 Å². The van der Waals surface area contributed by atoms with Crippen molar-refractivity contribution < 1.29 is 4.79 Å². The predicted molar refractivity (Wildman–Crippen MR) is 119 cm³/mol. The molecule has 152 valence electrons. The number of piperidine rings is 1. The summed E-state index contributed by atoms with van der Waals surface area (Å²) in [7, 11) is 0. The number of fused-ring (bicyclic) bond motifs is 1. The first-order chi connectivity index (χ1) is 14.7. The van der Waals surface area contributed by atoms with Crippen LogP contribution in [0.25, 0.3) is 16.2 Å². The van der Waals surface area contributed by atoms with Gasteiger partial charge in [-0.3, -0.25) is 9.20 Å². The summed E-state index contributed by atoms with van der Waals surface area (Å²) in [5.74, 6) is 0.818. The van der Waals surface area contributed by atoms with Crippen molar-refractivity contribution in [3.63, 3.8) is 0 Å². The molecular weight excluding hydrogens is 396 g/mol. The number of benzene rings is 1. The smallest absolute Gasteiger partial charge is 0.229 e. The highest BCUT2D eigenvalue weighted by molar-refractivity contribution is 7.15. The number of thiazole rings is 1. The van der Waals surface area contributed by atoms with Crippen molar-refractivity contribution in [3.8, 4) is 11.3 Å². The van der Waals surface area contributed by atoms with E-state index in [1.165, 1.54) is 0 Å². The largest absolute Gasteiger partial charge is 0.354 e. The third-order valence-corrected chi connectivity index (χ3v) is 6.21. The van der Waals surface area contributed by atoms with E-state index < -0.39 is 0 Å². The molecule has 1 unspecified atom stereocenters. The number of carbonyl (C=O) groups excluding carboxylic acids is 1. The van der Waals surface area contributed by atoms with Crippen LogP contribution in [-0.2, 0) is 4.79 Å². The van der Waals surface area contributed by atoms with Crippen LogP contribution in [0.3, 0.4) is 0 Å². The zero-order chi connectivity index (χ0) is 20.5. The molecule has 1 aliphatic heterocycles. The average Bonchev–Trinajstić information content (AvgIpc) is 3.37. The Balaban J connectivity index is 1.24. The molecule has 1 aromatic carbocycles. The lowest BCUT2D eigenvalue weighted by Gasteiger charge is -2.32. The molecule has 0 saturated carbocycles. The average molecular weight is 419 g/mol. The van der Waals surface area contributed by atoms with E-state index in [2.05, 4.69) is 25.4 Å². The molecule has 7 nitrogen and oxygen atoms in total. The third kappa shape index (κ3) is 3.78. The molecule has 1 amide bonds. The summed E-state index contributed by atoms with van der Waals surface area (Å²) in [4.78, 5) is 20.6. The Kier molecular flexibility index (Phi) is 4.92. The van der Waals surface area contributed by atoms with E-state index in [1.807, 2.05) is 65.5 Å². The first kappa shape index (κ1) is 18.7. The van der Waals surface area contributed by atoms with E-state index >= 15 is 0 Å². The van der Waals surface area contributed by atoms with Crippen LogP contribution in [0.1, 0.15) is 18.5 Å². The lowest BCUT2D eigenvalue weighted by molar-refractivity contribution is -0.120. The van der Waals surface area contributed by atoms with Gasteiger partial charge in [0, 0.05) is 42.1 Å². The van der Waals surface area contributed by atoms with Gasteiger partial charge in [0.1, 0.15) is 0 Å². The molecule has 1 N–H and O–H groups in total. The van der Waals surface area contributed by atoms with Crippen molar-refractivity contribution in [2.75, 3.05) is 23.3 Å². The highest BCUT2D eigenvalue weighted by atomic mass is 32.1. The predicted octanol–water partition coefficient (Wildman–Crippen LogP) is 4.02. The first-order valence-corrected chi connectivity index (χ1v) is 10.9. The Labute approximate surface area is 178 Å². The molecular formula is C22H22N6OS. The van der Waals surface area contributed by atoms with E-state index in [1.54, 1.807) is 11.3 Å². The zero-order valence-electron chi connectivity index (χ0n) is 16.7. The number of nitrogens with zero attached hydrogens (tertiary/aromatic N) is 5. The van der Waals surface area contributed by atoms with E-state index in [-0.39, 0.29) is 11.8 Å². The van der Waals surface area contributed by atoms with Crippen molar-refractivity contribution in [2.24, 2.45) is 5.92 Å². The van der Waals surface area contributed by atoms with Crippen molar-refractivity contribution >= 4 is 33.7 Å². The summed E-state index contributed by atoms with van der Waals surface area (Å²) >= 11 is 1.61. The number of hydrogen-bond acceptors (Lipinski definition) is 6.